The van der Waals surface area contributed by atoms with E-state index in [1.54, 1.807) is 4.90 Å². The molecule has 0 aromatic heterocycles. The van der Waals surface area contributed by atoms with E-state index < -0.39 is 6.09 Å². The highest BCUT2D eigenvalue weighted by Crippen LogP contribution is 2.27. The molecular formula is C17H24BrNO3. The van der Waals surface area contributed by atoms with Gasteiger partial charge in [-0.25, -0.2) is 4.79 Å². The van der Waals surface area contributed by atoms with Crippen molar-refractivity contribution in [2.45, 2.75) is 45.6 Å². The fourth-order valence-electron chi connectivity index (χ4n) is 3.08. The van der Waals surface area contributed by atoms with E-state index in [2.05, 4.69) is 22.9 Å². The van der Waals surface area contributed by atoms with Crippen molar-refractivity contribution in [1.82, 2.24) is 4.90 Å². The van der Waals surface area contributed by atoms with Gasteiger partial charge in [0.2, 0.25) is 0 Å². The normalized spacial score (nSPS) is 21.7. The molecule has 0 saturated carbocycles. The molecule has 0 spiro atoms. The molecule has 122 valence electrons. The third-order valence-corrected chi connectivity index (χ3v) is 5.28. The number of rotatable bonds is 5. The Hall–Kier alpha value is -1.23. The van der Waals surface area contributed by atoms with Gasteiger partial charge in [-0.2, -0.15) is 0 Å². The van der Waals surface area contributed by atoms with Crippen molar-refractivity contribution in [2.24, 2.45) is 5.92 Å². The van der Waals surface area contributed by atoms with Gasteiger partial charge in [0, 0.05) is 17.1 Å². The number of likely N-dealkylation sites (tertiary alicyclic amines) is 1. The SMILES string of the molecule is Cc1cc(OCCC[C@H]2CCN(C(=O)O)[C@H](C)C2)ccc1Br. The van der Waals surface area contributed by atoms with Gasteiger partial charge in [-0.15, -0.1) is 0 Å². The number of nitrogens with zero attached hydrogens (tertiary/aromatic N) is 1. The number of hydrogen-bond acceptors (Lipinski definition) is 2. The molecule has 1 fully saturated rings. The van der Waals surface area contributed by atoms with Gasteiger partial charge in [0.05, 0.1) is 6.61 Å². The zero-order valence-corrected chi connectivity index (χ0v) is 14.8. The number of amides is 1. The van der Waals surface area contributed by atoms with Crippen molar-refractivity contribution in [1.29, 1.82) is 0 Å². The number of carbonyl (C=O) groups is 1. The second-order valence-corrected chi connectivity index (χ2v) is 6.97. The summed E-state index contributed by atoms with van der Waals surface area (Å²) in [5.74, 6) is 1.52. The molecule has 0 aliphatic carbocycles. The minimum Gasteiger partial charge on any atom is -0.494 e. The van der Waals surface area contributed by atoms with Crippen LogP contribution in [-0.2, 0) is 0 Å². The summed E-state index contributed by atoms with van der Waals surface area (Å²) in [6.45, 7) is 5.43. The average Bonchev–Trinajstić information content (AvgIpc) is 2.47. The molecule has 22 heavy (non-hydrogen) atoms. The van der Waals surface area contributed by atoms with Gasteiger partial charge in [0.1, 0.15) is 5.75 Å². The number of aryl methyl sites for hydroxylation is 1. The highest BCUT2D eigenvalue weighted by atomic mass is 79.9. The first-order chi connectivity index (χ1) is 10.5. The lowest BCUT2D eigenvalue weighted by molar-refractivity contribution is 0.0928. The minimum absolute atomic E-state index is 0.131. The molecule has 4 nitrogen and oxygen atoms in total. The smallest absolute Gasteiger partial charge is 0.407 e. The van der Waals surface area contributed by atoms with Crippen LogP contribution in [-0.4, -0.2) is 35.3 Å². The number of ether oxygens (including phenoxy) is 1. The van der Waals surface area contributed by atoms with Crippen molar-refractivity contribution in [3.05, 3.63) is 28.2 Å². The first kappa shape index (κ1) is 17.1. The Morgan fingerprint density at radius 3 is 2.91 bits per heavy atom. The molecule has 1 aliphatic heterocycles. The van der Waals surface area contributed by atoms with E-state index in [0.29, 0.717) is 19.1 Å². The molecule has 1 aromatic carbocycles. The van der Waals surface area contributed by atoms with Crippen molar-refractivity contribution < 1.29 is 14.6 Å². The first-order valence-electron chi connectivity index (χ1n) is 7.86. The Labute approximate surface area is 140 Å². The van der Waals surface area contributed by atoms with E-state index in [-0.39, 0.29) is 6.04 Å². The maximum Gasteiger partial charge on any atom is 0.407 e. The predicted molar refractivity (Wildman–Crippen MR) is 90.5 cm³/mol. The lowest BCUT2D eigenvalue weighted by Crippen LogP contribution is -2.43. The lowest BCUT2D eigenvalue weighted by Gasteiger charge is -2.35. The summed E-state index contributed by atoms with van der Waals surface area (Å²) in [4.78, 5) is 12.6. The van der Waals surface area contributed by atoms with Crippen molar-refractivity contribution in [3.63, 3.8) is 0 Å². The van der Waals surface area contributed by atoms with Gasteiger partial charge >= 0.3 is 6.09 Å². The van der Waals surface area contributed by atoms with Crippen LogP contribution in [0.5, 0.6) is 5.75 Å². The van der Waals surface area contributed by atoms with E-state index in [1.807, 2.05) is 25.1 Å². The van der Waals surface area contributed by atoms with Crippen LogP contribution in [0.3, 0.4) is 0 Å². The number of halogens is 1. The molecule has 1 aromatic rings. The average molecular weight is 370 g/mol. The number of benzene rings is 1. The van der Waals surface area contributed by atoms with Crippen molar-refractivity contribution >= 4 is 22.0 Å². The van der Waals surface area contributed by atoms with Crippen LogP contribution < -0.4 is 4.74 Å². The van der Waals surface area contributed by atoms with Gasteiger partial charge in [0.15, 0.2) is 0 Å². The summed E-state index contributed by atoms with van der Waals surface area (Å²) in [6, 6.07) is 6.15. The summed E-state index contributed by atoms with van der Waals surface area (Å²) < 4.78 is 6.89. The van der Waals surface area contributed by atoms with Crippen LogP contribution in [0.25, 0.3) is 0 Å². The molecule has 1 heterocycles. The maximum atomic E-state index is 11.0. The monoisotopic (exact) mass is 369 g/mol. The molecule has 0 radical (unpaired) electrons. The Morgan fingerprint density at radius 2 is 2.27 bits per heavy atom. The molecule has 0 unspecified atom stereocenters. The summed E-state index contributed by atoms with van der Waals surface area (Å²) in [7, 11) is 0. The molecular weight excluding hydrogens is 346 g/mol. The van der Waals surface area contributed by atoms with E-state index in [9.17, 15) is 4.79 Å². The summed E-state index contributed by atoms with van der Waals surface area (Å²) >= 11 is 3.48. The Balaban J connectivity index is 1.69. The van der Waals surface area contributed by atoms with Crippen LogP contribution in [0.4, 0.5) is 4.79 Å². The van der Waals surface area contributed by atoms with Crippen LogP contribution in [0, 0.1) is 12.8 Å². The predicted octanol–water partition coefficient (Wildman–Crippen LogP) is 4.70. The number of piperidine rings is 1. The molecule has 1 amide bonds. The summed E-state index contributed by atoms with van der Waals surface area (Å²) in [5, 5.41) is 9.08. The molecule has 5 heteroatoms. The number of hydrogen-bond donors (Lipinski definition) is 1. The highest BCUT2D eigenvalue weighted by molar-refractivity contribution is 9.10. The standard InChI is InChI=1S/C17H24BrNO3/c1-12-10-15(5-6-16(12)18)22-9-3-4-14-7-8-19(17(20)21)13(2)11-14/h5-6,10,13-14H,3-4,7-9,11H2,1-2H3,(H,20,21)/t13-,14+/m1/s1. The second-order valence-electron chi connectivity index (χ2n) is 6.12. The van der Waals surface area contributed by atoms with Crippen LogP contribution in [0.2, 0.25) is 0 Å². The van der Waals surface area contributed by atoms with Crippen LogP contribution >= 0.6 is 15.9 Å². The van der Waals surface area contributed by atoms with Gasteiger partial charge in [0.25, 0.3) is 0 Å². The molecule has 1 N–H and O–H groups in total. The summed E-state index contributed by atoms with van der Waals surface area (Å²) in [5.41, 5.74) is 1.17. The van der Waals surface area contributed by atoms with Crippen LogP contribution in [0.1, 0.15) is 38.2 Å². The third-order valence-electron chi connectivity index (χ3n) is 4.39. The Bertz CT molecular complexity index is 521. The first-order valence-corrected chi connectivity index (χ1v) is 8.65. The molecule has 2 atom stereocenters. The van der Waals surface area contributed by atoms with Gasteiger partial charge in [-0.05, 0) is 69.2 Å². The zero-order valence-electron chi connectivity index (χ0n) is 13.2. The maximum absolute atomic E-state index is 11.0. The van der Waals surface area contributed by atoms with E-state index in [1.165, 1.54) is 5.56 Å². The van der Waals surface area contributed by atoms with Crippen LogP contribution in [0.15, 0.2) is 22.7 Å². The van der Waals surface area contributed by atoms with E-state index in [0.717, 1.165) is 35.9 Å². The number of carboxylic acid groups (broad SMARTS) is 1. The van der Waals surface area contributed by atoms with E-state index >= 15 is 0 Å². The quantitative estimate of drug-likeness (QED) is 0.765. The minimum atomic E-state index is -0.792. The largest absolute Gasteiger partial charge is 0.494 e. The fraction of sp³-hybridized carbons (Fsp3) is 0.588. The second kappa shape index (κ2) is 7.86. The Morgan fingerprint density at radius 1 is 1.50 bits per heavy atom. The zero-order chi connectivity index (χ0) is 16.1. The molecule has 2 rings (SSSR count). The van der Waals surface area contributed by atoms with Gasteiger partial charge in [-0.3, -0.25) is 0 Å². The van der Waals surface area contributed by atoms with Gasteiger partial charge < -0.3 is 14.7 Å². The lowest BCUT2D eigenvalue weighted by atomic mass is 9.88. The van der Waals surface area contributed by atoms with Crippen molar-refractivity contribution in [3.8, 4) is 5.75 Å². The van der Waals surface area contributed by atoms with Gasteiger partial charge in [-0.1, -0.05) is 15.9 Å². The molecule has 1 saturated heterocycles. The van der Waals surface area contributed by atoms with Crippen molar-refractivity contribution in [2.75, 3.05) is 13.2 Å². The highest BCUT2D eigenvalue weighted by Gasteiger charge is 2.27. The van der Waals surface area contributed by atoms with E-state index in [4.69, 9.17) is 9.84 Å². The Kier molecular flexibility index (Phi) is 6.12. The third kappa shape index (κ3) is 4.63. The molecule has 1 aliphatic rings. The molecule has 0 bridgehead atoms. The fourth-order valence-corrected chi connectivity index (χ4v) is 3.33. The summed E-state index contributed by atoms with van der Waals surface area (Å²) in [6.07, 6.45) is 3.25. The topological polar surface area (TPSA) is 49.8 Å².